The first-order valence-electron chi connectivity index (χ1n) is 42.9. The zero-order valence-corrected chi connectivity index (χ0v) is 75.8. The number of guanidine groups is 1. The van der Waals surface area contributed by atoms with E-state index in [1.165, 1.54) is 0 Å². The van der Waals surface area contributed by atoms with Crippen LogP contribution in [0.15, 0.2) is 37.4 Å². The molecule has 0 aromatic heterocycles. The Hall–Kier alpha value is -7.33. The Morgan fingerprint density at radius 3 is 1.05 bits per heavy atom. The van der Waals surface area contributed by atoms with Crippen molar-refractivity contribution in [3.63, 3.8) is 0 Å². The summed E-state index contributed by atoms with van der Waals surface area (Å²) in [5.41, 5.74) is 34.1. The molecule has 8 fully saturated rings. The summed E-state index contributed by atoms with van der Waals surface area (Å²) >= 11 is 0. The fraction of sp³-hybridized carbons (Fsp3) is 0.811. The molecule has 0 radical (unpaired) electrons. The van der Waals surface area contributed by atoms with E-state index in [0.29, 0.717) is 131 Å². The van der Waals surface area contributed by atoms with Crippen molar-refractivity contribution in [2.75, 3.05) is 0 Å². The highest BCUT2D eigenvalue weighted by Crippen LogP contribution is 2.45. The number of aliphatic imine (C=N–C) groups is 5. The van der Waals surface area contributed by atoms with Crippen molar-refractivity contribution in [2.24, 2.45) is 130 Å². The van der Waals surface area contributed by atoms with Crippen molar-refractivity contribution in [1.29, 1.82) is 10.8 Å². The van der Waals surface area contributed by atoms with Crippen LogP contribution in [0.4, 0.5) is 0 Å². The average Bonchev–Trinajstić information content (AvgIpc) is 1.44. The standard InChI is InChI=1S/C13H23NO2.C12H22N2O2.C11H21N3O2.2C11H20N2O2.2C10H18N2O2.C9H16N2O2.3CH4/c1-9(2)12(15)13(16)6-4-11(5-7-13)8-10(3)14;1-8(2)11(15)12(16)6-4-5-10(7-12)14-9(3)13;1-7(2)9(15)11(16)6-4-3-5-8(11)14-10(12)13;1-7(2)10(14)11(15)5-4-9(6-11)13-8(3)12;1-7(2)10(14)11(15)6-4-5-9(11)13-8(3)12;1-6(2)9(13)10(14)4-7(5-10)3-8(11)12;1-6(2)9(13)10(14)5-4-8(10)12-7(3)11;1-5(2)8(12)9(13)4-7(9)11-6(3)10;;;/h9,11,14,16H,4-8H2,1-3H3;8,10,16H,4-7H2,1-3H3,(H2,13,14);7-8,16H,3-6H2,1-2H3,(H4,12,13,14);7,9,13,15H,3-6,12H2,1-2H3;7,9,15H,4-6H2,1-3H3,(H2,12,13);6-7,14H,3-5H2,1-2H3,(H3,11,12);6,8,14H,4-5H2,1-3H3,(H2,11,12);5,7,13H,4H2,1-3H3,(H2,10,11);3*1H4. The quantitative estimate of drug-likeness (QED) is 0.0270. The van der Waals surface area contributed by atoms with Crippen LogP contribution in [0.2, 0.25) is 0 Å². The Bertz CT molecular complexity index is 3580. The third-order valence-electron chi connectivity index (χ3n) is 23.0. The number of rotatable bonds is 27. The van der Waals surface area contributed by atoms with Crippen LogP contribution in [0, 0.1) is 70.0 Å². The molecule has 12 atom stereocenters. The summed E-state index contributed by atoms with van der Waals surface area (Å²) in [5, 5.41) is 98.7. The summed E-state index contributed by atoms with van der Waals surface area (Å²) in [6.07, 6.45) is 16.1. The van der Waals surface area contributed by atoms with Crippen LogP contribution < -0.4 is 51.2 Å². The number of hydrogen-bond acceptors (Lipinski definition) is 25. The average molecular weight is 1730 g/mol. The van der Waals surface area contributed by atoms with Crippen LogP contribution in [0.1, 0.15) is 328 Å². The molecule has 0 aromatic rings. The minimum atomic E-state index is -1.38. The monoisotopic (exact) mass is 1730 g/mol. The van der Waals surface area contributed by atoms with Gasteiger partial charge in [0.25, 0.3) is 0 Å². The predicted molar refractivity (Wildman–Crippen MR) is 490 cm³/mol. The van der Waals surface area contributed by atoms with E-state index < -0.39 is 50.9 Å². The Kier molecular flexibility index (Phi) is 50.0. The Morgan fingerprint density at radius 2 is 0.680 bits per heavy atom. The van der Waals surface area contributed by atoms with Crippen molar-refractivity contribution in [1.82, 2.24) is 5.32 Å². The fourth-order valence-corrected chi connectivity index (χ4v) is 16.8. The molecule has 8 rings (SSSR count). The number of hydrogen-bond donors (Lipinski definition) is 19. The molecular formula is C90H170N16O16. The summed E-state index contributed by atoms with van der Waals surface area (Å²) < 4.78 is 0. The van der Waals surface area contributed by atoms with Gasteiger partial charge in [-0.2, -0.15) is 0 Å². The first kappa shape index (κ1) is 119. The number of nitrogens with one attached hydrogen (secondary N) is 3. The van der Waals surface area contributed by atoms with Crippen LogP contribution in [-0.2, 0) is 38.4 Å². The summed E-state index contributed by atoms with van der Waals surface area (Å²) in [5.74, 6) is 0.985. The number of carbonyl (C=O) groups excluding carboxylic acids is 8. The first-order valence-corrected chi connectivity index (χ1v) is 42.9. The van der Waals surface area contributed by atoms with E-state index >= 15 is 0 Å². The van der Waals surface area contributed by atoms with Crippen molar-refractivity contribution in [3.8, 4) is 0 Å². The maximum absolute atomic E-state index is 12.0. The number of aliphatic hydroxyl groups is 8. The van der Waals surface area contributed by atoms with Crippen LogP contribution in [0.25, 0.3) is 0 Å². The summed E-state index contributed by atoms with van der Waals surface area (Å²) in [6.45, 7) is 40.9. The van der Waals surface area contributed by atoms with Gasteiger partial charge < -0.3 is 97.4 Å². The SMILES string of the molecule is C.C.C.C=C(N)NC1CCC(O)(C(=O)C(C)C)C1.CC(=N)CC1CCC(O)(C(=O)C(C)C)CC1.CC(C)C(=O)C1(O)CC(CC(=N)N)C1.CC(C)C(=O)C1(O)CCCCC1N=C(N)N.CC(N)=NC1CC1(O)C(=O)C(C)C.CC(N)=NC1CCC1(O)C(=O)C(C)C.CC(N)=NC1CCCC(O)(C(=O)C(C)C)C1.CC(N)=NC1CCCC1(O)C(=O)C(C)C. The van der Waals surface area contributed by atoms with Gasteiger partial charge in [0.05, 0.1) is 65.2 Å². The van der Waals surface area contributed by atoms with Crippen LogP contribution >= 0.6 is 0 Å². The number of carbonyl (C=O) groups is 8. The van der Waals surface area contributed by atoms with Crippen molar-refractivity contribution in [3.05, 3.63) is 12.4 Å². The number of Topliss-reactive ketones (excluding diaryl/α,β-unsaturated/α-hetero) is 8. The Morgan fingerprint density at radius 1 is 0.344 bits per heavy atom. The topological polar surface area (TPSA) is 628 Å². The van der Waals surface area contributed by atoms with Gasteiger partial charge in [0.2, 0.25) is 0 Å². The molecule has 12 unspecified atom stereocenters. The highest BCUT2D eigenvalue weighted by molar-refractivity contribution is 5.95. The molecule has 8 saturated carbocycles. The molecule has 27 N–H and O–H groups in total. The zero-order valence-electron chi connectivity index (χ0n) is 75.8. The smallest absolute Gasteiger partial charge is 0.186 e. The van der Waals surface area contributed by atoms with Crippen LogP contribution in [-0.4, -0.2) is 209 Å². The van der Waals surface area contributed by atoms with Crippen molar-refractivity contribution in [2.45, 2.75) is 409 Å². The Balaban J connectivity index is -0.00000132. The lowest BCUT2D eigenvalue weighted by Gasteiger charge is -2.43. The minimum absolute atomic E-state index is 0. The van der Waals surface area contributed by atoms with Gasteiger partial charge in [0.15, 0.2) is 52.2 Å². The molecule has 32 nitrogen and oxygen atoms in total. The molecule has 0 saturated heterocycles. The van der Waals surface area contributed by atoms with E-state index in [9.17, 15) is 79.2 Å². The molecular weight excluding hydrogens is 1560 g/mol. The van der Waals surface area contributed by atoms with Crippen molar-refractivity contribution >= 4 is 87.1 Å². The number of nitrogens with two attached hydrogens (primary N) is 8. The second kappa shape index (κ2) is 51.3. The van der Waals surface area contributed by atoms with E-state index in [4.69, 9.17) is 56.7 Å². The lowest BCUT2D eigenvalue weighted by molar-refractivity contribution is -0.155. The molecule has 0 aliphatic heterocycles. The highest BCUT2D eigenvalue weighted by atomic mass is 16.3. The maximum Gasteiger partial charge on any atom is 0.186 e. The van der Waals surface area contributed by atoms with E-state index in [1.807, 2.05) is 48.5 Å². The molecule has 32 heteroatoms. The fourth-order valence-electron chi connectivity index (χ4n) is 16.8. The van der Waals surface area contributed by atoms with E-state index in [-0.39, 0.29) is 164 Å². The van der Waals surface area contributed by atoms with E-state index in [1.54, 1.807) is 96.9 Å². The molecule has 0 spiro atoms. The third-order valence-corrected chi connectivity index (χ3v) is 23.0. The van der Waals surface area contributed by atoms with Crippen LogP contribution in [0.5, 0.6) is 0 Å². The normalized spacial score (nSPS) is 30.8. The molecule has 122 heavy (non-hydrogen) atoms. The third kappa shape index (κ3) is 36.0. The molecule has 8 aliphatic rings. The van der Waals surface area contributed by atoms with Gasteiger partial charge in [-0.1, -0.05) is 146 Å². The summed E-state index contributed by atoms with van der Waals surface area (Å²) in [7, 11) is 0. The van der Waals surface area contributed by atoms with Gasteiger partial charge in [-0.25, -0.2) is 4.99 Å². The highest BCUT2D eigenvalue weighted by Gasteiger charge is 2.60. The van der Waals surface area contributed by atoms with Gasteiger partial charge in [0, 0.05) is 84.8 Å². The predicted octanol–water partition coefficient (Wildman–Crippen LogP) is 8.53. The molecule has 0 amide bonds. The molecule has 0 bridgehead atoms. The number of amidine groups is 5. The largest absolute Gasteiger partial charge is 0.388 e. The second-order valence-corrected chi connectivity index (χ2v) is 37.3. The lowest BCUT2D eigenvalue weighted by atomic mass is 9.65. The van der Waals surface area contributed by atoms with E-state index in [0.717, 1.165) is 70.6 Å². The molecule has 0 heterocycles. The second-order valence-electron chi connectivity index (χ2n) is 37.3. The first-order chi connectivity index (χ1) is 54.4. The van der Waals surface area contributed by atoms with Gasteiger partial charge in [-0.3, -0.25) is 63.7 Å². The molecule has 706 valence electrons. The number of ketones is 8. The number of nitrogens with zero attached hydrogens (tertiary/aromatic N) is 5. The van der Waals surface area contributed by atoms with Gasteiger partial charge in [0.1, 0.15) is 44.8 Å². The van der Waals surface area contributed by atoms with Gasteiger partial charge >= 0.3 is 0 Å². The summed E-state index contributed by atoms with van der Waals surface area (Å²) in [4.78, 5) is 115. The lowest BCUT2D eigenvalue weighted by Crippen LogP contribution is -2.58. The molecule has 0 aromatic carbocycles. The summed E-state index contributed by atoms with van der Waals surface area (Å²) in [6, 6.07) is -1.42. The Labute approximate surface area is 730 Å². The zero-order chi connectivity index (χ0) is 92.4. The minimum Gasteiger partial charge on any atom is -0.388 e. The van der Waals surface area contributed by atoms with Crippen LogP contribution in [0.3, 0.4) is 0 Å². The molecule has 8 aliphatic carbocycles. The van der Waals surface area contributed by atoms with Gasteiger partial charge in [-0.15, -0.1) is 0 Å². The van der Waals surface area contributed by atoms with Crippen molar-refractivity contribution < 1.29 is 79.2 Å². The van der Waals surface area contributed by atoms with Gasteiger partial charge in [-0.05, 0) is 175 Å². The maximum atomic E-state index is 12.0. The van der Waals surface area contributed by atoms with E-state index in [2.05, 4.69) is 36.9 Å².